The summed E-state index contributed by atoms with van der Waals surface area (Å²) in [6.07, 6.45) is 4.72. The van der Waals surface area contributed by atoms with Crippen molar-refractivity contribution in [1.29, 1.82) is 0 Å². The molecule has 1 aliphatic carbocycles. The van der Waals surface area contributed by atoms with Gasteiger partial charge < -0.3 is 4.74 Å². The van der Waals surface area contributed by atoms with Crippen LogP contribution in [0.3, 0.4) is 0 Å². The Bertz CT molecular complexity index is 298. The minimum Gasteiger partial charge on any atom is -0.435 e. The van der Waals surface area contributed by atoms with Crippen LogP contribution in [0.4, 0.5) is 4.79 Å². The number of cyclic esters (lactones) is 1. The number of hydrogen-bond acceptors (Lipinski definition) is 3. The number of carbonyl (C=O) groups excluding carboxylic acids is 2. The largest absolute Gasteiger partial charge is 0.435 e. The Morgan fingerprint density at radius 1 is 1.36 bits per heavy atom. The lowest BCUT2D eigenvalue weighted by Crippen LogP contribution is -2.35. The minimum absolute atomic E-state index is 0.131. The van der Waals surface area contributed by atoms with Crippen LogP contribution in [0.25, 0.3) is 0 Å². The topological polar surface area (TPSA) is 55.4 Å². The van der Waals surface area contributed by atoms with Crippen LogP contribution in [0.1, 0.15) is 19.8 Å². The van der Waals surface area contributed by atoms with Gasteiger partial charge in [0.15, 0.2) is 6.10 Å². The molecule has 1 heterocycles. The van der Waals surface area contributed by atoms with E-state index in [1.807, 2.05) is 6.08 Å². The van der Waals surface area contributed by atoms with Gasteiger partial charge in [-0.3, -0.25) is 10.1 Å². The highest BCUT2D eigenvalue weighted by molar-refractivity contribution is 6.00. The van der Waals surface area contributed by atoms with Crippen LogP contribution in [-0.2, 0) is 9.53 Å². The summed E-state index contributed by atoms with van der Waals surface area (Å²) in [4.78, 5) is 22.2. The van der Waals surface area contributed by atoms with Crippen molar-refractivity contribution in [2.24, 2.45) is 11.8 Å². The van der Waals surface area contributed by atoms with E-state index in [2.05, 4.69) is 18.3 Å². The number of allylic oxidation sites excluding steroid dienone is 2. The monoisotopic (exact) mass is 195 g/mol. The van der Waals surface area contributed by atoms with Gasteiger partial charge in [-0.25, -0.2) is 4.79 Å². The fourth-order valence-corrected chi connectivity index (χ4v) is 2.05. The number of hydrogen-bond donors (Lipinski definition) is 1. The second-order valence-corrected chi connectivity index (χ2v) is 3.90. The van der Waals surface area contributed by atoms with Gasteiger partial charge in [-0.15, -0.1) is 0 Å². The van der Waals surface area contributed by atoms with E-state index >= 15 is 0 Å². The predicted molar refractivity (Wildman–Crippen MR) is 49.4 cm³/mol. The Hall–Kier alpha value is -1.32. The van der Waals surface area contributed by atoms with E-state index in [1.165, 1.54) is 0 Å². The van der Waals surface area contributed by atoms with E-state index in [0.717, 1.165) is 12.8 Å². The molecule has 2 aliphatic rings. The number of rotatable bonds is 1. The lowest BCUT2D eigenvalue weighted by molar-refractivity contribution is -0.126. The number of alkyl carbamates (subject to hydrolysis) is 1. The zero-order valence-electron chi connectivity index (χ0n) is 8.03. The maximum atomic E-state index is 11.3. The molecular formula is C10H13NO3. The van der Waals surface area contributed by atoms with Gasteiger partial charge in [-0.05, 0) is 18.8 Å². The Morgan fingerprint density at radius 2 is 2.07 bits per heavy atom. The predicted octanol–water partition coefficient (Wildman–Crippen LogP) is 1.22. The third-order valence-electron chi connectivity index (χ3n) is 2.92. The van der Waals surface area contributed by atoms with Gasteiger partial charge in [-0.2, -0.15) is 0 Å². The summed E-state index contributed by atoms with van der Waals surface area (Å²) in [6.45, 7) is 2.08. The summed E-state index contributed by atoms with van der Waals surface area (Å²) in [5.74, 6) is 0.232. The van der Waals surface area contributed by atoms with Gasteiger partial charge in [0.1, 0.15) is 0 Å². The molecule has 1 saturated heterocycles. The smallest absolute Gasteiger partial charge is 0.414 e. The molecule has 0 aromatic heterocycles. The second-order valence-electron chi connectivity index (χ2n) is 3.90. The number of nitrogens with one attached hydrogen (secondary N) is 1. The van der Waals surface area contributed by atoms with Crippen molar-refractivity contribution in [3.05, 3.63) is 12.2 Å². The first-order chi connectivity index (χ1) is 6.68. The quantitative estimate of drug-likeness (QED) is 0.640. The van der Waals surface area contributed by atoms with Crippen LogP contribution in [0.15, 0.2) is 12.2 Å². The lowest BCUT2D eigenvalue weighted by atomic mass is 9.80. The molecule has 3 unspecified atom stereocenters. The summed E-state index contributed by atoms with van der Waals surface area (Å²) >= 11 is 0. The van der Waals surface area contributed by atoms with E-state index in [9.17, 15) is 9.59 Å². The number of amides is 2. The maximum absolute atomic E-state index is 11.3. The molecule has 0 radical (unpaired) electrons. The molecule has 14 heavy (non-hydrogen) atoms. The highest BCUT2D eigenvalue weighted by Gasteiger charge is 2.40. The van der Waals surface area contributed by atoms with Crippen LogP contribution in [0, 0.1) is 11.8 Å². The van der Waals surface area contributed by atoms with Crippen LogP contribution >= 0.6 is 0 Å². The van der Waals surface area contributed by atoms with E-state index in [4.69, 9.17) is 4.74 Å². The van der Waals surface area contributed by atoms with Crippen molar-refractivity contribution in [3.63, 3.8) is 0 Å². The molecule has 0 bridgehead atoms. The van der Waals surface area contributed by atoms with E-state index in [0.29, 0.717) is 5.92 Å². The van der Waals surface area contributed by atoms with Gasteiger partial charge >= 0.3 is 6.09 Å². The summed E-state index contributed by atoms with van der Waals surface area (Å²) in [5.41, 5.74) is 0. The molecule has 1 N–H and O–H groups in total. The second kappa shape index (κ2) is 3.44. The zero-order chi connectivity index (χ0) is 10.1. The average molecular weight is 195 g/mol. The number of imide groups is 1. The van der Waals surface area contributed by atoms with Crippen molar-refractivity contribution < 1.29 is 14.3 Å². The molecule has 3 atom stereocenters. The zero-order valence-corrected chi connectivity index (χ0v) is 8.03. The van der Waals surface area contributed by atoms with Crippen LogP contribution in [0.2, 0.25) is 0 Å². The Kier molecular flexibility index (Phi) is 2.27. The Labute approximate surface area is 82.3 Å². The average Bonchev–Trinajstić information content (AvgIpc) is 2.46. The first kappa shape index (κ1) is 9.24. The molecule has 1 aliphatic heterocycles. The molecule has 0 aromatic carbocycles. The molecule has 1 fully saturated rings. The van der Waals surface area contributed by atoms with E-state index in [1.54, 1.807) is 0 Å². The maximum Gasteiger partial charge on any atom is 0.414 e. The normalized spacial score (nSPS) is 36.8. The third kappa shape index (κ3) is 1.52. The van der Waals surface area contributed by atoms with Gasteiger partial charge in [0.25, 0.3) is 5.91 Å². The summed E-state index contributed by atoms with van der Waals surface area (Å²) in [7, 11) is 0. The first-order valence-corrected chi connectivity index (χ1v) is 4.85. The fourth-order valence-electron chi connectivity index (χ4n) is 2.05. The Morgan fingerprint density at radius 3 is 2.64 bits per heavy atom. The van der Waals surface area contributed by atoms with Crippen molar-refractivity contribution in [2.75, 3.05) is 0 Å². The molecule has 4 heteroatoms. The van der Waals surface area contributed by atoms with Crippen LogP contribution < -0.4 is 5.32 Å². The highest BCUT2D eigenvalue weighted by atomic mass is 16.6. The SMILES string of the molecule is CC1CC=CCC1C1OC(=O)NC1=O. The molecule has 0 aromatic rings. The fraction of sp³-hybridized carbons (Fsp3) is 0.600. The van der Waals surface area contributed by atoms with Gasteiger partial charge in [0, 0.05) is 5.92 Å². The van der Waals surface area contributed by atoms with Crippen molar-refractivity contribution >= 4 is 12.0 Å². The molecule has 4 nitrogen and oxygen atoms in total. The highest BCUT2D eigenvalue weighted by Crippen LogP contribution is 2.30. The van der Waals surface area contributed by atoms with Crippen molar-refractivity contribution in [3.8, 4) is 0 Å². The standard InChI is InChI=1S/C10H13NO3/c1-6-4-2-3-5-7(6)8-9(12)11-10(13)14-8/h2-3,6-8H,4-5H2,1H3,(H,11,12,13). The number of ether oxygens (including phenoxy) is 1. The Balaban J connectivity index is 2.11. The van der Waals surface area contributed by atoms with Crippen LogP contribution in [-0.4, -0.2) is 18.1 Å². The molecule has 0 saturated carbocycles. The van der Waals surface area contributed by atoms with Gasteiger partial charge in [0.05, 0.1) is 0 Å². The minimum atomic E-state index is -0.609. The van der Waals surface area contributed by atoms with Crippen LogP contribution in [0.5, 0.6) is 0 Å². The van der Waals surface area contributed by atoms with E-state index in [-0.39, 0.29) is 11.8 Å². The lowest BCUT2D eigenvalue weighted by Gasteiger charge is -2.27. The third-order valence-corrected chi connectivity index (χ3v) is 2.92. The van der Waals surface area contributed by atoms with Gasteiger partial charge in [0.2, 0.25) is 0 Å². The number of carbonyl (C=O) groups is 2. The summed E-state index contributed by atoms with van der Waals surface area (Å²) in [5, 5.41) is 2.16. The summed E-state index contributed by atoms with van der Waals surface area (Å²) in [6, 6.07) is 0. The molecule has 76 valence electrons. The first-order valence-electron chi connectivity index (χ1n) is 4.85. The molecule has 2 rings (SSSR count). The van der Waals surface area contributed by atoms with Crippen molar-refractivity contribution in [1.82, 2.24) is 5.32 Å². The van der Waals surface area contributed by atoms with Crippen molar-refractivity contribution in [2.45, 2.75) is 25.9 Å². The van der Waals surface area contributed by atoms with E-state index < -0.39 is 12.2 Å². The van der Waals surface area contributed by atoms with Gasteiger partial charge in [-0.1, -0.05) is 19.1 Å². The molecule has 0 spiro atoms. The molecular weight excluding hydrogens is 182 g/mol. The summed E-state index contributed by atoms with van der Waals surface area (Å²) < 4.78 is 4.95. The molecule has 2 amide bonds.